The van der Waals surface area contributed by atoms with Gasteiger partial charge in [-0.25, -0.2) is 4.39 Å². The molecule has 0 heterocycles. The van der Waals surface area contributed by atoms with Crippen molar-refractivity contribution in [2.24, 2.45) is 23.7 Å². The molecule has 1 aliphatic carbocycles. The summed E-state index contributed by atoms with van der Waals surface area (Å²) in [4.78, 5) is 27.2. The second kappa shape index (κ2) is 17.8. The van der Waals surface area contributed by atoms with Gasteiger partial charge in [-0.1, -0.05) is 90.8 Å². The molecule has 0 spiro atoms. The number of hydrogen-bond acceptors (Lipinski definition) is 4. The molecule has 0 aliphatic heterocycles. The maximum absolute atomic E-state index is 13.7. The summed E-state index contributed by atoms with van der Waals surface area (Å²) in [5, 5.41) is 9.77. The van der Waals surface area contributed by atoms with Crippen LogP contribution in [0, 0.1) is 29.5 Å². The number of carbonyl (C=O) groups excluding carboxylic acids is 2. The van der Waals surface area contributed by atoms with Crippen LogP contribution >= 0.6 is 0 Å². The van der Waals surface area contributed by atoms with Gasteiger partial charge in [0.25, 0.3) is 0 Å². The van der Waals surface area contributed by atoms with Gasteiger partial charge in [0.05, 0.1) is 6.61 Å². The lowest BCUT2D eigenvalue weighted by Crippen LogP contribution is -2.55. The molecule has 2 aromatic rings. The van der Waals surface area contributed by atoms with Crippen molar-refractivity contribution in [2.75, 3.05) is 13.2 Å². The Morgan fingerprint density at radius 1 is 0.955 bits per heavy atom. The quantitative estimate of drug-likeness (QED) is 0.161. The fourth-order valence-corrected chi connectivity index (χ4v) is 5.47. The van der Waals surface area contributed by atoms with Gasteiger partial charge >= 0.3 is 0 Å². The molecule has 1 aliphatic rings. The number of allylic oxidation sites excluding steroid dienone is 2. The molecular weight excluding hydrogens is 553 g/mol. The summed E-state index contributed by atoms with van der Waals surface area (Å²) in [5.74, 6) is 1.17. The molecule has 44 heavy (non-hydrogen) atoms. The van der Waals surface area contributed by atoms with Crippen molar-refractivity contribution in [3.8, 4) is 5.75 Å². The van der Waals surface area contributed by atoms with E-state index >= 15 is 0 Å². The van der Waals surface area contributed by atoms with Crippen molar-refractivity contribution in [3.63, 3.8) is 0 Å². The van der Waals surface area contributed by atoms with E-state index in [1.165, 1.54) is 12.1 Å². The van der Waals surface area contributed by atoms with Crippen LogP contribution in [0.25, 0.3) is 0 Å². The number of nitrogens with one attached hydrogen (secondary N) is 3. The van der Waals surface area contributed by atoms with E-state index in [4.69, 9.17) is 4.74 Å². The average molecular weight is 608 g/mol. The molecule has 1 saturated carbocycles. The monoisotopic (exact) mass is 607 g/mol. The maximum Gasteiger partial charge on any atom is 0.243 e. The lowest BCUT2D eigenvalue weighted by molar-refractivity contribution is -0.130. The predicted molar refractivity (Wildman–Crippen MR) is 177 cm³/mol. The van der Waals surface area contributed by atoms with Crippen molar-refractivity contribution in [1.29, 1.82) is 0 Å². The minimum absolute atomic E-state index is 0.00734. The van der Waals surface area contributed by atoms with Gasteiger partial charge in [0.15, 0.2) is 0 Å². The van der Waals surface area contributed by atoms with Gasteiger partial charge in [-0.05, 0) is 85.1 Å². The van der Waals surface area contributed by atoms with Crippen molar-refractivity contribution in [2.45, 2.75) is 98.6 Å². The van der Waals surface area contributed by atoms with Crippen LogP contribution in [0.2, 0.25) is 0 Å². The van der Waals surface area contributed by atoms with Gasteiger partial charge in [0, 0.05) is 12.2 Å². The normalized spacial score (nSPS) is 16.1. The molecule has 0 radical (unpaired) electrons. The standard InChI is InChI=1S/C37H54FN3O3/c1-7-11-32(27(6)22-28-16-18-31(38)19-17-28)40-35(25(3)4)37(43)41-33(23-29-14-15-29)36(42)39-24-26(5)21-30-12-9-10-13-34(30)44-20-8-2/h9-13,16-19,25-27,29,33,35,40H,7-8,14-15,20-24H2,1-6H3,(H,39,42)(H,41,43)/b32-11+/t26-,27+,33-,35+/m0/s1. The third-order valence-corrected chi connectivity index (χ3v) is 8.21. The predicted octanol–water partition coefficient (Wildman–Crippen LogP) is 6.98. The molecule has 3 N–H and O–H groups in total. The lowest BCUT2D eigenvalue weighted by atomic mass is 9.94. The molecular formula is C37H54FN3O3. The number of carbonyl (C=O) groups is 2. The Kier molecular flexibility index (Phi) is 14.2. The van der Waals surface area contributed by atoms with Gasteiger partial charge < -0.3 is 20.7 Å². The molecule has 0 unspecified atom stereocenters. The van der Waals surface area contributed by atoms with Gasteiger partial charge in [-0.2, -0.15) is 0 Å². The first-order valence-corrected chi connectivity index (χ1v) is 16.6. The minimum Gasteiger partial charge on any atom is -0.493 e. The van der Waals surface area contributed by atoms with Crippen LogP contribution < -0.4 is 20.7 Å². The molecule has 6 nitrogen and oxygen atoms in total. The van der Waals surface area contributed by atoms with Gasteiger partial charge in [0.2, 0.25) is 11.8 Å². The first-order chi connectivity index (χ1) is 21.1. The Bertz CT molecular complexity index is 1210. The SMILES string of the molecule is CC/C=C(/N[C@@H](C(=O)N[C@@H](CC1CC1)C(=O)NC[C@@H](C)Cc1ccccc1OCCC)C(C)C)[C@H](C)Cc1ccc(F)cc1. The Morgan fingerprint density at radius 2 is 1.66 bits per heavy atom. The van der Waals surface area contributed by atoms with Crippen molar-refractivity contribution in [1.82, 2.24) is 16.0 Å². The first-order valence-electron chi connectivity index (χ1n) is 16.6. The Balaban J connectivity index is 1.62. The zero-order valence-electron chi connectivity index (χ0n) is 27.6. The molecule has 4 atom stereocenters. The fraction of sp³-hybridized carbons (Fsp3) is 0.568. The number of ether oxygens (including phenoxy) is 1. The van der Waals surface area contributed by atoms with E-state index in [2.05, 4.69) is 55.8 Å². The maximum atomic E-state index is 13.7. The van der Waals surface area contributed by atoms with Gasteiger partial charge in [0.1, 0.15) is 23.7 Å². The highest BCUT2D eigenvalue weighted by atomic mass is 19.1. The summed E-state index contributed by atoms with van der Waals surface area (Å²) in [7, 11) is 0. The largest absolute Gasteiger partial charge is 0.493 e. The molecule has 3 rings (SSSR count). The highest BCUT2D eigenvalue weighted by Gasteiger charge is 2.33. The number of benzene rings is 2. The smallest absolute Gasteiger partial charge is 0.243 e. The van der Waals surface area contributed by atoms with E-state index in [9.17, 15) is 14.0 Å². The molecule has 242 valence electrons. The van der Waals surface area contributed by atoms with E-state index in [0.717, 1.165) is 61.1 Å². The van der Waals surface area contributed by atoms with E-state index in [-0.39, 0.29) is 35.4 Å². The molecule has 0 bridgehead atoms. The van der Waals surface area contributed by atoms with Crippen LogP contribution in [0.5, 0.6) is 5.75 Å². The van der Waals surface area contributed by atoms with Crippen LogP contribution in [0.15, 0.2) is 60.3 Å². The summed E-state index contributed by atoms with van der Waals surface area (Å²) in [6.45, 7) is 13.6. The minimum atomic E-state index is -0.569. The van der Waals surface area contributed by atoms with E-state index in [0.29, 0.717) is 25.5 Å². The van der Waals surface area contributed by atoms with Crippen LogP contribution in [0.3, 0.4) is 0 Å². The first kappa shape index (κ1) is 35.1. The third-order valence-electron chi connectivity index (χ3n) is 8.21. The second-order valence-corrected chi connectivity index (χ2v) is 12.9. The van der Waals surface area contributed by atoms with Crippen molar-refractivity contribution in [3.05, 3.63) is 77.2 Å². The number of para-hydroxylation sites is 1. The number of amides is 2. The molecule has 1 fully saturated rings. The number of halogens is 1. The fourth-order valence-electron chi connectivity index (χ4n) is 5.47. The highest BCUT2D eigenvalue weighted by molar-refractivity contribution is 5.90. The summed E-state index contributed by atoms with van der Waals surface area (Å²) in [6.07, 6.45) is 8.27. The zero-order chi connectivity index (χ0) is 32.1. The Morgan fingerprint density at radius 3 is 2.30 bits per heavy atom. The van der Waals surface area contributed by atoms with Crippen molar-refractivity contribution >= 4 is 11.8 Å². The molecule has 7 heteroatoms. The summed E-state index contributed by atoms with van der Waals surface area (Å²) >= 11 is 0. The van der Waals surface area contributed by atoms with Gasteiger partial charge in [-0.15, -0.1) is 0 Å². The molecule has 0 aromatic heterocycles. The number of hydrogen-bond donors (Lipinski definition) is 3. The average Bonchev–Trinajstić information content (AvgIpc) is 3.82. The summed E-state index contributed by atoms with van der Waals surface area (Å²) in [5.41, 5.74) is 3.17. The highest BCUT2D eigenvalue weighted by Crippen LogP contribution is 2.33. The van der Waals surface area contributed by atoms with Gasteiger partial charge in [-0.3, -0.25) is 9.59 Å². The van der Waals surface area contributed by atoms with E-state index in [1.54, 1.807) is 0 Å². The van der Waals surface area contributed by atoms with Crippen LogP contribution in [-0.4, -0.2) is 37.0 Å². The topological polar surface area (TPSA) is 79.5 Å². The van der Waals surface area contributed by atoms with Crippen LogP contribution in [0.1, 0.15) is 84.8 Å². The van der Waals surface area contributed by atoms with Crippen LogP contribution in [-0.2, 0) is 22.4 Å². The molecule has 0 saturated heterocycles. The molecule has 2 amide bonds. The summed E-state index contributed by atoms with van der Waals surface area (Å²) < 4.78 is 19.3. The van der Waals surface area contributed by atoms with E-state index in [1.807, 2.05) is 44.2 Å². The second-order valence-electron chi connectivity index (χ2n) is 12.9. The summed E-state index contributed by atoms with van der Waals surface area (Å²) in [6, 6.07) is 13.6. The third kappa shape index (κ3) is 11.6. The Labute approximate surface area is 264 Å². The van der Waals surface area contributed by atoms with E-state index < -0.39 is 12.1 Å². The van der Waals surface area contributed by atoms with Crippen LogP contribution in [0.4, 0.5) is 4.39 Å². The zero-order valence-corrected chi connectivity index (χ0v) is 27.6. The molecule has 2 aromatic carbocycles. The Hall–Kier alpha value is -3.35. The van der Waals surface area contributed by atoms with Crippen molar-refractivity contribution < 1.29 is 18.7 Å². The lowest BCUT2D eigenvalue weighted by Gasteiger charge is -2.29. The number of rotatable bonds is 19.